The van der Waals surface area contributed by atoms with Crippen molar-refractivity contribution in [3.8, 4) is 0 Å². The van der Waals surface area contributed by atoms with Gasteiger partial charge in [0.15, 0.2) is 0 Å². The van der Waals surface area contributed by atoms with Gasteiger partial charge in [-0.05, 0) is 50.5 Å². The first kappa shape index (κ1) is 20.9. The summed E-state index contributed by atoms with van der Waals surface area (Å²) in [5.41, 5.74) is 1.83. The molecule has 148 valence electrons. The molecule has 1 aliphatic heterocycles. The minimum atomic E-state index is -0.913. The maximum atomic E-state index is 12.7. The van der Waals surface area contributed by atoms with E-state index in [-0.39, 0.29) is 18.4 Å². The fourth-order valence-corrected chi connectivity index (χ4v) is 3.53. The van der Waals surface area contributed by atoms with Crippen molar-refractivity contribution in [3.63, 3.8) is 0 Å². The van der Waals surface area contributed by atoms with E-state index < -0.39 is 11.6 Å². The van der Waals surface area contributed by atoms with Crippen molar-refractivity contribution in [2.24, 2.45) is 0 Å². The van der Waals surface area contributed by atoms with Crippen LogP contribution in [-0.2, 0) is 9.59 Å². The standard InChI is InChI=1S/C21H31N3O3/c1-5-6-7-8-9-10-21(4)19(26)24(20(27)23-21)14-18(25)22-17-12-15(2)11-16(3)13-17/h11-13H,5-10,14H2,1-4H3,(H,22,25)(H,23,27). The van der Waals surface area contributed by atoms with Crippen molar-refractivity contribution in [1.82, 2.24) is 10.2 Å². The monoisotopic (exact) mass is 373 g/mol. The Hall–Kier alpha value is -2.37. The molecule has 6 heteroatoms. The zero-order valence-electron chi connectivity index (χ0n) is 16.9. The molecular weight excluding hydrogens is 342 g/mol. The lowest BCUT2D eigenvalue weighted by molar-refractivity contribution is -0.133. The number of imide groups is 1. The van der Waals surface area contributed by atoms with Gasteiger partial charge in [0.1, 0.15) is 12.1 Å². The SMILES string of the molecule is CCCCCCCC1(C)NC(=O)N(CC(=O)Nc2cc(C)cc(C)c2)C1=O. The van der Waals surface area contributed by atoms with Gasteiger partial charge in [-0.15, -0.1) is 0 Å². The van der Waals surface area contributed by atoms with Crippen LogP contribution < -0.4 is 10.6 Å². The molecule has 0 saturated carbocycles. The Bertz CT molecular complexity index is 696. The Morgan fingerprint density at radius 2 is 1.70 bits per heavy atom. The Morgan fingerprint density at radius 1 is 1.07 bits per heavy atom. The first-order valence-electron chi connectivity index (χ1n) is 9.77. The average Bonchev–Trinajstić information content (AvgIpc) is 2.77. The molecule has 6 nitrogen and oxygen atoms in total. The molecule has 0 spiro atoms. The van der Waals surface area contributed by atoms with E-state index in [9.17, 15) is 14.4 Å². The van der Waals surface area contributed by atoms with Gasteiger partial charge in [0.05, 0.1) is 0 Å². The number of carbonyl (C=O) groups is 3. The lowest BCUT2D eigenvalue weighted by atomic mass is 9.94. The van der Waals surface area contributed by atoms with Crippen LogP contribution in [0.5, 0.6) is 0 Å². The molecule has 1 aliphatic rings. The molecule has 1 fully saturated rings. The zero-order valence-corrected chi connectivity index (χ0v) is 16.9. The molecule has 1 saturated heterocycles. The summed E-state index contributed by atoms with van der Waals surface area (Å²) in [6, 6.07) is 5.24. The number of nitrogens with one attached hydrogen (secondary N) is 2. The molecule has 2 rings (SSSR count). The van der Waals surface area contributed by atoms with E-state index in [0.29, 0.717) is 12.1 Å². The third-order valence-electron chi connectivity index (χ3n) is 4.93. The summed E-state index contributed by atoms with van der Waals surface area (Å²) in [6.07, 6.45) is 6.00. The van der Waals surface area contributed by atoms with Gasteiger partial charge < -0.3 is 10.6 Å². The number of amides is 4. The topological polar surface area (TPSA) is 78.5 Å². The quantitative estimate of drug-likeness (QED) is 0.509. The number of aryl methyl sites for hydroxylation is 2. The van der Waals surface area contributed by atoms with Crippen molar-refractivity contribution < 1.29 is 14.4 Å². The molecule has 2 N–H and O–H groups in total. The van der Waals surface area contributed by atoms with Crippen molar-refractivity contribution in [1.29, 1.82) is 0 Å². The van der Waals surface area contributed by atoms with Crippen molar-refractivity contribution in [2.75, 3.05) is 11.9 Å². The highest BCUT2D eigenvalue weighted by atomic mass is 16.2. The number of nitrogens with zero attached hydrogens (tertiary/aromatic N) is 1. The van der Waals surface area contributed by atoms with Gasteiger partial charge in [0.25, 0.3) is 5.91 Å². The molecule has 1 heterocycles. The number of benzene rings is 1. The maximum Gasteiger partial charge on any atom is 0.325 e. The van der Waals surface area contributed by atoms with Crippen LogP contribution >= 0.6 is 0 Å². The summed E-state index contributed by atoms with van der Waals surface area (Å²) >= 11 is 0. The molecule has 0 radical (unpaired) electrons. The zero-order chi connectivity index (χ0) is 20.0. The average molecular weight is 373 g/mol. The first-order chi connectivity index (χ1) is 12.7. The number of unbranched alkanes of at least 4 members (excludes halogenated alkanes) is 4. The number of rotatable bonds is 9. The fourth-order valence-electron chi connectivity index (χ4n) is 3.53. The second-order valence-corrected chi connectivity index (χ2v) is 7.74. The lowest BCUT2D eigenvalue weighted by Crippen LogP contribution is -2.44. The van der Waals surface area contributed by atoms with E-state index >= 15 is 0 Å². The number of hydrogen-bond acceptors (Lipinski definition) is 3. The highest BCUT2D eigenvalue weighted by Gasteiger charge is 2.47. The summed E-state index contributed by atoms with van der Waals surface area (Å²) < 4.78 is 0. The van der Waals surface area contributed by atoms with Gasteiger partial charge in [-0.2, -0.15) is 0 Å². The Kier molecular flexibility index (Phi) is 6.99. The largest absolute Gasteiger partial charge is 0.325 e. The highest BCUT2D eigenvalue weighted by Crippen LogP contribution is 2.24. The Labute approximate surface area is 161 Å². The van der Waals surface area contributed by atoms with E-state index in [4.69, 9.17) is 0 Å². The van der Waals surface area contributed by atoms with Gasteiger partial charge in [0, 0.05) is 5.69 Å². The second kappa shape index (κ2) is 9.02. The van der Waals surface area contributed by atoms with Gasteiger partial charge in [-0.1, -0.05) is 45.1 Å². The van der Waals surface area contributed by atoms with Crippen LogP contribution in [0.3, 0.4) is 0 Å². The van der Waals surface area contributed by atoms with Crippen LogP contribution in [0.15, 0.2) is 18.2 Å². The minimum Gasteiger partial charge on any atom is -0.325 e. The predicted molar refractivity (Wildman–Crippen MR) is 107 cm³/mol. The predicted octanol–water partition coefficient (Wildman–Crippen LogP) is 3.91. The molecule has 1 aromatic rings. The summed E-state index contributed by atoms with van der Waals surface area (Å²) in [7, 11) is 0. The molecule has 1 aromatic carbocycles. The summed E-state index contributed by atoms with van der Waals surface area (Å²) in [4.78, 5) is 38.3. The number of urea groups is 1. The van der Waals surface area contributed by atoms with Gasteiger partial charge in [0.2, 0.25) is 5.91 Å². The first-order valence-corrected chi connectivity index (χ1v) is 9.77. The van der Waals surface area contributed by atoms with Crippen LogP contribution in [0.2, 0.25) is 0 Å². The van der Waals surface area contributed by atoms with Crippen LogP contribution in [0, 0.1) is 13.8 Å². The smallest absolute Gasteiger partial charge is 0.325 e. The van der Waals surface area contributed by atoms with Crippen molar-refractivity contribution in [2.45, 2.75) is 71.8 Å². The van der Waals surface area contributed by atoms with E-state index in [1.54, 1.807) is 6.92 Å². The number of anilines is 1. The Morgan fingerprint density at radius 3 is 2.33 bits per heavy atom. The normalized spacial score (nSPS) is 19.3. The Balaban J connectivity index is 1.93. The van der Waals surface area contributed by atoms with Crippen LogP contribution in [0.25, 0.3) is 0 Å². The lowest BCUT2D eigenvalue weighted by Gasteiger charge is -2.21. The highest BCUT2D eigenvalue weighted by molar-refractivity contribution is 6.09. The molecule has 1 atom stereocenters. The van der Waals surface area contributed by atoms with Gasteiger partial charge in [-0.25, -0.2) is 4.79 Å². The fraction of sp³-hybridized carbons (Fsp3) is 0.571. The molecule has 1 unspecified atom stereocenters. The number of carbonyl (C=O) groups excluding carboxylic acids is 3. The van der Waals surface area contributed by atoms with E-state index in [1.807, 2.05) is 32.0 Å². The summed E-state index contributed by atoms with van der Waals surface area (Å²) in [6.45, 7) is 7.53. The van der Waals surface area contributed by atoms with E-state index in [1.165, 1.54) is 6.42 Å². The van der Waals surface area contributed by atoms with Gasteiger partial charge in [-0.3, -0.25) is 14.5 Å². The van der Waals surface area contributed by atoms with Gasteiger partial charge >= 0.3 is 6.03 Å². The van der Waals surface area contributed by atoms with Crippen molar-refractivity contribution >= 4 is 23.5 Å². The minimum absolute atomic E-state index is 0.275. The van der Waals surface area contributed by atoms with Crippen LogP contribution in [0.4, 0.5) is 10.5 Å². The van der Waals surface area contributed by atoms with Crippen LogP contribution in [0.1, 0.15) is 63.5 Å². The third-order valence-corrected chi connectivity index (χ3v) is 4.93. The molecule has 0 bridgehead atoms. The van der Waals surface area contributed by atoms with Crippen molar-refractivity contribution in [3.05, 3.63) is 29.3 Å². The van der Waals surface area contributed by atoms with Crippen LogP contribution in [-0.4, -0.2) is 34.8 Å². The summed E-state index contributed by atoms with van der Waals surface area (Å²) in [5, 5.41) is 5.54. The van der Waals surface area contributed by atoms with E-state index in [2.05, 4.69) is 17.6 Å². The molecule has 0 aromatic heterocycles. The third kappa shape index (κ3) is 5.55. The molecular formula is C21H31N3O3. The molecule has 27 heavy (non-hydrogen) atoms. The molecule has 4 amide bonds. The molecule has 0 aliphatic carbocycles. The summed E-state index contributed by atoms with van der Waals surface area (Å²) in [5.74, 6) is -0.700. The maximum absolute atomic E-state index is 12.7. The second-order valence-electron chi connectivity index (χ2n) is 7.74. The van der Waals surface area contributed by atoms with E-state index in [0.717, 1.165) is 41.7 Å². The number of hydrogen-bond donors (Lipinski definition) is 2.